The van der Waals surface area contributed by atoms with Crippen molar-refractivity contribution in [2.24, 2.45) is 7.05 Å². The molecule has 0 bridgehead atoms. The molecule has 1 heterocycles. The molecular weight excluding hydrogens is 214 g/mol. The predicted octanol–water partition coefficient (Wildman–Crippen LogP) is 2.24. The van der Waals surface area contributed by atoms with Crippen LogP contribution in [0, 0.1) is 0 Å². The topological polar surface area (TPSA) is 53.1 Å². The molecule has 0 aliphatic rings. The van der Waals surface area contributed by atoms with Crippen LogP contribution in [0.25, 0.3) is 11.3 Å². The average Bonchev–Trinajstić information content (AvgIpc) is 2.69. The number of hydrogen-bond acceptors (Lipinski definition) is 3. The van der Waals surface area contributed by atoms with E-state index in [2.05, 4.69) is 24.0 Å². The molecule has 0 aliphatic carbocycles. The van der Waals surface area contributed by atoms with E-state index in [4.69, 9.17) is 10.5 Å². The number of benzene rings is 1. The summed E-state index contributed by atoms with van der Waals surface area (Å²) in [7, 11) is 3.53. The lowest BCUT2D eigenvalue weighted by atomic mass is 10.1. The first-order chi connectivity index (χ1) is 8.17. The van der Waals surface area contributed by atoms with E-state index < -0.39 is 0 Å². The van der Waals surface area contributed by atoms with Gasteiger partial charge in [-0.3, -0.25) is 0 Å². The van der Waals surface area contributed by atoms with Gasteiger partial charge in [0.25, 0.3) is 0 Å². The fourth-order valence-corrected chi connectivity index (χ4v) is 1.81. The number of hydrogen-bond donors (Lipinski definition) is 1. The van der Waals surface area contributed by atoms with E-state index in [0.29, 0.717) is 5.82 Å². The molecule has 0 aliphatic heterocycles. The van der Waals surface area contributed by atoms with Crippen LogP contribution in [0.15, 0.2) is 24.5 Å². The smallest absolute Gasteiger partial charge is 0.131 e. The van der Waals surface area contributed by atoms with Gasteiger partial charge in [0, 0.05) is 12.6 Å². The third kappa shape index (κ3) is 1.98. The van der Waals surface area contributed by atoms with Crippen LogP contribution in [0.4, 0.5) is 5.82 Å². The molecule has 0 radical (unpaired) electrons. The molecule has 90 valence electrons. The summed E-state index contributed by atoms with van der Waals surface area (Å²) >= 11 is 0. The number of aromatic nitrogens is 2. The Kier molecular flexibility index (Phi) is 3.04. The third-order valence-electron chi connectivity index (χ3n) is 2.91. The van der Waals surface area contributed by atoms with Crippen molar-refractivity contribution in [3.8, 4) is 17.0 Å². The predicted molar refractivity (Wildman–Crippen MR) is 69.0 cm³/mol. The summed E-state index contributed by atoms with van der Waals surface area (Å²) in [6, 6.07) is 6.10. The van der Waals surface area contributed by atoms with E-state index >= 15 is 0 Å². The van der Waals surface area contributed by atoms with Gasteiger partial charge < -0.3 is 15.0 Å². The van der Waals surface area contributed by atoms with Gasteiger partial charge in [-0.15, -0.1) is 0 Å². The van der Waals surface area contributed by atoms with Gasteiger partial charge in [-0.05, 0) is 24.1 Å². The highest BCUT2D eigenvalue weighted by molar-refractivity contribution is 5.76. The molecule has 0 saturated carbocycles. The number of anilines is 1. The fourth-order valence-electron chi connectivity index (χ4n) is 1.81. The minimum Gasteiger partial charge on any atom is -0.496 e. The normalized spacial score (nSPS) is 10.5. The molecule has 0 saturated heterocycles. The zero-order chi connectivity index (χ0) is 12.4. The molecule has 2 rings (SSSR count). The zero-order valence-corrected chi connectivity index (χ0v) is 10.4. The SMILES string of the molecule is CCc1ccc(OC)c(-c2ncn(C)c2N)c1. The first-order valence-electron chi connectivity index (χ1n) is 5.61. The van der Waals surface area contributed by atoms with E-state index in [1.165, 1.54) is 5.56 Å². The molecule has 17 heavy (non-hydrogen) atoms. The standard InChI is InChI=1S/C13H17N3O/c1-4-9-5-6-11(17-3)10(7-9)12-13(14)16(2)8-15-12/h5-8H,4,14H2,1-3H3. The van der Waals surface area contributed by atoms with Crippen LogP contribution >= 0.6 is 0 Å². The molecule has 2 N–H and O–H groups in total. The molecular formula is C13H17N3O. The van der Waals surface area contributed by atoms with Crippen LogP contribution in [0.5, 0.6) is 5.75 Å². The highest BCUT2D eigenvalue weighted by atomic mass is 16.5. The molecule has 2 aromatic rings. The lowest BCUT2D eigenvalue weighted by Crippen LogP contribution is -1.97. The maximum atomic E-state index is 5.99. The van der Waals surface area contributed by atoms with Crippen molar-refractivity contribution in [2.45, 2.75) is 13.3 Å². The van der Waals surface area contributed by atoms with Gasteiger partial charge in [0.1, 0.15) is 17.3 Å². The number of nitrogen functional groups attached to an aromatic ring is 1. The van der Waals surface area contributed by atoms with E-state index in [0.717, 1.165) is 23.4 Å². The van der Waals surface area contributed by atoms with Crippen molar-refractivity contribution in [2.75, 3.05) is 12.8 Å². The van der Waals surface area contributed by atoms with Crippen molar-refractivity contribution in [1.82, 2.24) is 9.55 Å². The Hall–Kier alpha value is -1.97. The van der Waals surface area contributed by atoms with Crippen LogP contribution in [0.1, 0.15) is 12.5 Å². The Balaban J connectivity index is 2.60. The number of ether oxygens (including phenoxy) is 1. The zero-order valence-electron chi connectivity index (χ0n) is 10.4. The summed E-state index contributed by atoms with van der Waals surface area (Å²) in [5.41, 5.74) is 8.96. The van der Waals surface area contributed by atoms with Gasteiger partial charge in [0.05, 0.1) is 13.4 Å². The lowest BCUT2D eigenvalue weighted by Gasteiger charge is -2.09. The summed E-state index contributed by atoms with van der Waals surface area (Å²) in [5, 5.41) is 0. The highest BCUT2D eigenvalue weighted by Gasteiger charge is 2.13. The maximum Gasteiger partial charge on any atom is 0.131 e. The number of nitrogens with zero attached hydrogens (tertiary/aromatic N) is 2. The quantitative estimate of drug-likeness (QED) is 0.881. The van der Waals surface area contributed by atoms with Gasteiger partial charge in [-0.25, -0.2) is 4.98 Å². The number of nitrogens with two attached hydrogens (primary N) is 1. The monoisotopic (exact) mass is 231 g/mol. The number of imidazole rings is 1. The number of rotatable bonds is 3. The first-order valence-corrected chi connectivity index (χ1v) is 5.61. The van der Waals surface area contributed by atoms with Gasteiger partial charge in [0.2, 0.25) is 0 Å². The van der Waals surface area contributed by atoms with Crippen LogP contribution < -0.4 is 10.5 Å². The Morgan fingerprint density at radius 2 is 2.18 bits per heavy atom. The first kappa shape index (κ1) is 11.5. The van der Waals surface area contributed by atoms with Crippen LogP contribution in [-0.2, 0) is 13.5 Å². The van der Waals surface area contributed by atoms with Gasteiger partial charge in [-0.1, -0.05) is 13.0 Å². The van der Waals surface area contributed by atoms with Crippen LogP contribution in [-0.4, -0.2) is 16.7 Å². The van der Waals surface area contributed by atoms with Crippen molar-refractivity contribution in [3.05, 3.63) is 30.1 Å². The fraction of sp³-hybridized carbons (Fsp3) is 0.308. The maximum absolute atomic E-state index is 5.99. The molecule has 1 aromatic carbocycles. The van der Waals surface area contributed by atoms with Gasteiger partial charge in [-0.2, -0.15) is 0 Å². The Morgan fingerprint density at radius 3 is 2.71 bits per heavy atom. The van der Waals surface area contributed by atoms with Crippen molar-refractivity contribution >= 4 is 5.82 Å². The van der Waals surface area contributed by atoms with E-state index in [1.54, 1.807) is 18.0 Å². The molecule has 4 nitrogen and oxygen atoms in total. The molecule has 0 unspecified atom stereocenters. The van der Waals surface area contributed by atoms with Crippen molar-refractivity contribution in [3.63, 3.8) is 0 Å². The molecule has 0 amide bonds. The lowest BCUT2D eigenvalue weighted by molar-refractivity contribution is 0.416. The Bertz CT molecular complexity index is 531. The Labute approximate surface area is 101 Å². The van der Waals surface area contributed by atoms with Gasteiger partial charge >= 0.3 is 0 Å². The summed E-state index contributed by atoms with van der Waals surface area (Å²) < 4.78 is 7.16. The second-order valence-electron chi connectivity index (χ2n) is 3.98. The number of aryl methyl sites for hydroxylation is 2. The molecule has 0 fully saturated rings. The van der Waals surface area contributed by atoms with E-state index in [-0.39, 0.29) is 0 Å². The van der Waals surface area contributed by atoms with E-state index in [1.807, 2.05) is 13.1 Å². The Morgan fingerprint density at radius 1 is 1.41 bits per heavy atom. The highest BCUT2D eigenvalue weighted by Crippen LogP contribution is 2.33. The van der Waals surface area contributed by atoms with Crippen molar-refractivity contribution in [1.29, 1.82) is 0 Å². The minimum absolute atomic E-state index is 0.650. The molecule has 0 atom stereocenters. The van der Waals surface area contributed by atoms with Crippen LogP contribution in [0.3, 0.4) is 0 Å². The third-order valence-corrected chi connectivity index (χ3v) is 2.91. The summed E-state index contributed by atoms with van der Waals surface area (Å²) in [4.78, 5) is 4.33. The summed E-state index contributed by atoms with van der Waals surface area (Å²) in [6.07, 6.45) is 2.69. The minimum atomic E-state index is 0.650. The second kappa shape index (κ2) is 4.49. The van der Waals surface area contributed by atoms with Gasteiger partial charge in [0.15, 0.2) is 0 Å². The molecule has 4 heteroatoms. The average molecular weight is 231 g/mol. The largest absolute Gasteiger partial charge is 0.496 e. The van der Waals surface area contributed by atoms with Crippen LogP contribution in [0.2, 0.25) is 0 Å². The molecule has 0 spiro atoms. The van der Waals surface area contributed by atoms with Crippen molar-refractivity contribution < 1.29 is 4.74 Å². The summed E-state index contributed by atoms with van der Waals surface area (Å²) in [5.74, 6) is 1.45. The number of methoxy groups -OCH3 is 1. The van der Waals surface area contributed by atoms with E-state index in [9.17, 15) is 0 Å². The molecule has 1 aromatic heterocycles. The second-order valence-corrected chi connectivity index (χ2v) is 3.98. The summed E-state index contributed by atoms with van der Waals surface area (Å²) in [6.45, 7) is 2.12.